The molecule has 7 rings (SSSR count). The summed E-state index contributed by atoms with van der Waals surface area (Å²) in [4.78, 5) is 0. The lowest BCUT2D eigenvalue weighted by Crippen LogP contribution is -1.93. The Kier molecular flexibility index (Phi) is 5.00. The molecule has 0 aliphatic carbocycles. The summed E-state index contributed by atoms with van der Waals surface area (Å²) in [7, 11) is 0. The maximum absolute atomic E-state index is 3.82. The van der Waals surface area contributed by atoms with E-state index in [9.17, 15) is 0 Å². The van der Waals surface area contributed by atoms with E-state index in [1.165, 1.54) is 60.5 Å². The Hall–Kier alpha value is -4.14. The molecule has 0 spiro atoms. The summed E-state index contributed by atoms with van der Waals surface area (Å²) in [6, 6.07) is 47.9. The number of halogens is 1. The van der Waals surface area contributed by atoms with Crippen LogP contribution in [0.25, 0.3) is 60.5 Å². The van der Waals surface area contributed by atoms with Crippen LogP contribution in [0.4, 0.5) is 0 Å². The van der Waals surface area contributed by atoms with Crippen molar-refractivity contribution in [1.29, 1.82) is 0 Å². The maximum Gasteiger partial charge on any atom is 0.0547 e. The van der Waals surface area contributed by atoms with Gasteiger partial charge in [-0.05, 0) is 75.5 Å². The molecule has 6 aromatic carbocycles. The molecule has 1 nitrogen and oxygen atoms in total. The van der Waals surface area contributed by atoms with Gasteiger partial charge in [0.25, 0.3) is 0 Å². The molecule has 36 heavy (non-hydrogen) atoms. The molecule has 0 bridgehead atoms. The first-order valence-corrected chi connectivity index (χ1v) is 12.9. The van der Waals surface area contributed by atoms with E-state index in [2.05, 4.69) is 154 Å². The molecular weight excluding hydrogens is 502 g/mol. The zero-order valence-corrected chi connectivity index (χ0v) is 21.1. The van der Waals surface area contributed by atoms with E-state index in [1.54, 1.807) is 0 Å². The SMILES string of the molecule is Brc1cc(-c2cccc3ccccc23)cc(-c2cccc3c2c2ccccc2n3-c2ccccc2)c1. The lowest BCUT2D eigenvalue weighted by Gasteiger charge is -2.12. The predicted molar refractivity (Wildman–Crippen MR) is 157 cm³/mol. The second-order valence-corrected chi connectivity index (χ2v) is 10.1. The quantitative estimate of drug-likeness (QED) is 0.217. The first-order valence-electron chi connectivity index (χ1n) is 12.1. The second-order valence-electron chi connectivity index (χ2n) is 9.14. The van der Waals surface area contributed by atoms with Crippen LogP contribution in [0.3, 0.4) is 0 Å². The first kappa shape index (κ1) is 21.2. The van der Waals surface area contributed by atoms with Crippen LogP contribution in [0.5, 0.6) is 0 Å². The summed E-state index contributed by atoms with van der Waals surface area (Å²) in [5.41, 5.74) is 8.50. The average Bonchev–Trinajstić information content (AvgIpc) is 3.27. The fourth-order valence-electron chi connectivity index (χ4n) is 5.49. The van der Waals surface area contributed by atoms with E-state index < -0.39 is 0 Å². The molecule has 170 valence electrons. The highest BCUT2D eigenvalue weighted by Gasteiger charge is 2.16. The van der Waals surface area contributed by atoms with E-state index in [4.69, 9.17) is 0 Å². The Labute approximate surface area is 218 Å². The van der Waals surface area contributed by atoms with Crippen LogP contribution in [0.15, 0.2) is 138 Å². The van der Waals surface area contributed by atoms with Crippen molar-refractivity contribution < 1.29 is 0 Å². The molecule has 0 saturated carbocycles. The van der Waals surface area contributed by atoms with Crippen LogP contribution in [0.2, 0.25) is 0 Å². The van der Waals surface area contributed by atoms with Crippen LogP contribution in [0, 0.1) is 0 Å². The van der Waals surface area contributed by atoms with Gasteiger partial charge in [0.05, 0.1) is 11.0 Å². The first-order chi connectivity index (χ1) is 17.8. The number of hydrogen-bond donors (Lipinski definition) is 0. The lowest BCUT2D eigenvalue weighted by atomic mass is 9.93. The Morgan fingerprint density at radius 3 is 1.94 bits per heavy atom. The Morgan fingerprint density at radius 2 is 1.08 bits per heavy atom. The fourth-order valence-corrected chi connectivity index (χ4v) is 5.99. The van der Waals surface area contributed by atoms with Crippen LogP contribution >= 0.6 is 15.9 Å². The van der Waals surface area contributed by atoms with Crippen LogP contribution < -0.4 is 0 Å². The molecule has 0 aliphatic heterocycles. The van der Waals surface area contributed by atoms with E-state index in [-0.39, 0.29) is 0 Å². The lowest BCUT2D eigenvalue weighted by molar-refractivity contribution is 1.18. The number of hydrogen-bond acceptors (Lipinski definition) is 0. The highest BCUT2D eigenvalue weighted by molar-refractivity contribution is 9.10. The van der Waals surface area contributed by atoms with Gasteiger partial charge in [-0.2, -0.15) is 0 Å². The third kappa shape index (κ3) is 3.37. The van der Waals surface area contributed by atoms with Crippen LogP contribution in [0.1, 0.15) is 0 Å². The van der Waals surface area contributed by atoms with Crippen molar-refractivity contribution in [3.63, 3.8) is 0 Å². The van der Waals surface area contributed by atoms with Crippen molar-refractivity contribution in [2.75, 3.05) is 0 Å². The average molecular weight is 524 g/mol. The minimum absolute atomic E-state index is 1.08. The van der Waals surface area contributed by atoms with Gasteiger partial charge in [0.2, 0.25) is 0 Å². The molecule has 0 N–H and O–H groups in total. The molecule has 0 unspecified atom stereocenters. The normalized spacial score (nSPS) is 11.5. The van der Waals surface area contributed by atoms with Crippen LogP contribution in [-0.4, -0.2) is 4.57 Å². The predicted octanol–water partition coefficient (Wildman–Crippen LogP) is 10.0. The van der Waals surface area contributed by atoms with Crippen molar-refractivity contribution in [2.24, 2.45) is 0 Å². The Morgan fingerprint density at radius 1 is 0.472 bits per heavy atom. The van der Waals surface area contributed by atoms with Gasteiger partial charge in [-0.3, -0.25) is 0 Å². The van der Waals surface area contributed by atoms with Crippen molar-refractivity contribution in [3.05, 3.63) is 138 Å². The molecule has 0 atom stereocenters. The smallest absolute Gasteiger partial charge is 0.0547 e. The van der Waals surface area contributed by atoms with Gasteiger partial charge in [-0.1, -0.05) is 107 Å². The number of para-hydroxylation sites is 2. The van der Waals surface area contributed by atoms with Crippen LogP contribution in [-0.2, 0) is 0 Å². The van der Waals surface area contributed by atoms with Gasteiger partial charge >= 0.3 is 0 Å². The number of aromatic nitrogens is 1. The monoisotopic (exact) mass is 523 g/mol. The largest absolute Gasteiger partial charge is 0.309 e. The summed E-state index contributed by atoms with van der Waals surface area (Å²) < 4.78 is 3.45. The van der Waals surface area contributed by atoms with Crippen molar-refractivity contribution in [3.8, 4) is 27.9 Å². The molecule has 0 aliphatic rings. The van der Waals surface area contributed by atoms with Gasteiger partial charge in [-0.15, -0.1) is 0 Å². The van der Waals surface area contributed by atoms with Gasteiger partial charge in [-0.25, -0.2) is 0 Å². The molecule has 1 heterocycles. The van der Waals surface area contributed by atoms with Gasteiger partial charge in [0, 0.05) is 20.9 Å². The second kappa shape index (κ2) is 8.51. The molecule has 0 radical (unpaired) electrons. The van der Waals surface area contributed by atoms with E-state index in [0.29, 0.717) is 0 Å². The topological polar surface area (TPSA) is 4.93 Å². The highest BCUT2D eigenvalue weighted by Crippen LogP contribution is 2.41. The van der Waals surface area contributed by atoms with Gasteiger partial charge in [0.1, 0.15) is 0 Å². The number of nitrogens with zero attached hydrogens (tertiary/aromatic N) is 1. The summed E-state index contributed by atoms with van der Waals surface area (Å²) >= 11 is 3.82. The zero-order chi connectivity index (χ0) is 24.1. The van der Waals surface area contributed by atoms with E-state index in [0.717, 1.165) is 4.47 Å². The maximum atomic E-state index is 3.82. The number of rotatable bonds is 3. The summed E-state index contributed by atoms with van der Waals surface area (Å²) in [5, 5.41) is 5.06. The minimum atomic E-state index is 1.08. The molecule has 0 amide bonds. The Balaban J connectivity index is 1.52. The number of benzene rings is 6. The van der Waals surface area contributed by atoms with Crippen molar-refractivity contribution >= 4 is 48.5 Å². The standard InChI is InChI=1S/C34H22BrN/c35-26-21-24(29-16-8-11-23-10-4-5-14-28(23)29)20-25(22-26)30-17-9-19-33-34(30)31-15-6-7-18-32(31)36(33)27-12-2-1-3-13-27/h1-22H. The van der Waals surface area contributed by atoms with Crippen molar-refractivity contribution in [1.82, 2.24) is 4.57 Å². The molecule has 2 heteroatoms. The van der Waals surface area contributed by atoms with E-state index >= 15 is 0 Å². The fraction of sp³-hybridized carbons (Fsp3) is 0. The number of fused-ring (bicyclic) bond motifs is 4. The Bertz CT molecular complexity index is 1890. The van der Waals surface area contributed by atoms with Gasteiger partial charge < -0.3 is 4.57 Å². The summed E-state index contributed by atoms with van der Waals surface area (Å²) in [5.74, 6) is 0. The molecule has 1 aromatic heterocycles. The summed E-state index contributed by atoms with van der Waals surface area (Å²) in [6.45, 7) is 0. The van der Waals surface area contributed by atoms with Gasteiger partial charge in [0.15, 0.2) is 0 Å². The molecule has 0 fully saturated rings. The molecule has 0 saturated heterocycles. The van der Waals surface area contributed by atoms with E-state index in [1.807, 2.05) is 0 Å². The minimum Gasteiger partial charge on any atom is -0.309 e. The third-order valence-electron chi connectivity index (χ3n) is 7.02. The zero-order valence-electron chi connectivity index (χ0n) is 19.5. The highest BCUT2D eigenvalue weighted by atomic mass is 79.9. The third-order valence-corrected chi connectivity index (χ3v) is 7.48. The summed E-state index contributed by atoms with van der Waals surface area (Å²) in [6.07, 6.45) is 0. The molecule has 7 aromatic rings. The van der Waals surface area contributed by atoms with Crippen molar-refractivity contribution in [2.45, 2.75) is 0 Å². The molecular formula is C34H22BrN.